The predicted octanol–water partition coefficient (Wildman–Crippen LogP) is 15.6. The molecule has 3 nitrogen and oxygen atoms in total. The van der Waals surface area contributed by atoms with Crippen LogP contribution in [0.3, 0.4) is 0 Å². The molecule has 10 rings (SSSR count). The molecule has 1 aromatic heterocycles. The van der Waals surface area contributed by atoms with Gasteiger partial charge < -0.3 is 14.7 Å². The van der Waals surface area contributed by atoms with Gasteiger partial charge in [0.25, 0.3) is 6.71 Å². The summed E-state index contributed by atoms with van der Waals surface area (Å²) in [4.78, 5) is 7.61. The van der Waals surface area contributed by atoms with Crippen molar-refractivity contribution in [3.63, 3.8) is 0 Å². The Morgan fingerprint density at radius 2 is 0.892 bits per heavy atom. The number of benzene rings is 7. The topological polar surface area (TPSA) is 9.72 Å². The van der Waals surface area contributed by atoms with Gasteiger partial charge in [-0.05, 0) is 140 Å². The van der Waals surface area contributed by atoms with Crippen LogP contribution >= 0.6 is 11.3 Å². The molecule has 2 aliphatic heterocycles. The number of hydrogen-bond donors (Lipinski definition) is 0. The molecule has 0 amide bonds. The lowest BCUT2D eigenvalue weighted by Crippen LogP contribution is -2.60. The number of hydrogen-bond acceptors (Lipinski definition) is 4. The van der Waals surface area contributed by atoms with Crippen LogP contribution in [0.5, 0.6) is 0 Å². The Balaban J connectivity index is 1.32. The van der Waals surface area contributed by atoms with E-state index in [4.69, 9.17) is 0 Å². The summed E-state index contributed by atoms with van der Waals surface area (Å²) in [6.07, 6.45) is 0. The Hall–Kier alpha value is -6.04. The second-order valence-electron chi connectivity index (χ2n) is 22.4. The van der Waals surface area contributed by atoms with Gasteiger partial charge >= 0.3 is 0 Å². The molecule has 0 saturated heterocycles. The third kappa shape index (κ3) is 7.46. The maximum absolute atomic E-state index is 2.63. The minimum atomic E-state index is -0.125. The van der Waals surface area contributed by atoms with Crippen molar-refractivity contribution in [1.29, 1.82) is 0 Å². The van der Waals surface area contributed by atoms with Crippen LogP contribution in [0.25, 0.3) is 10.1 Å². The van der Waals surface area contributed by atoms with Gasteiger partial charge in [0.15, 0.2) is 0 Å². The van der Waals surface area contributed by atoms with E-state index in [-0.39, 0.29) is 28.4 Å². The van der Waals surface area contributed by atoms with E-state index in [1.807, 2.05) is 11.3 Å². The fourth-order valence-corrected chi connectivity index (χ4v) is 11.2. The third-order valence-electron chi connectivity index (χ3n) is 13.6. The summed E-state index contributed by atoms with van der Waals surface area (Å²) in [5.74, 6) is 0. The average molecular weight is 868 g/mol. The molecule has 0 N–H and O–H groups in total. The number of para-hydroxylation sites is 2. The fraction of sp³-hybridized carbons (Fsp3) is 0.267. The molecule has 0 aliphatic carbocycles. The first kappa shape index (κ1) is 42.9. The first-order valence-electron chi connectivity index (χ1n) is 23.4. The summed E-state index contributed by atoms with van der Waals surface area (Å²) in [6.45, 7) is 27.9. The molecule has 0 unspecified atom stereocenters. The second kappa shape index (κ2) is 15.3. The molecule has 0 atom stereocenters. The summed E-state index contributed by atoms with van der Waals surface area (Å²) < 4.78 is 2.71. The molecule has 5 heteroatoms. The summed E-state index contributed by atoms with van der Waals surface area (Å²) in [6, 6.07) is 59.9. The molecule has 2 aliphatic rings. The standard InChI is InChI=1S/C60H62BN3S/c1-57(2,3)39-23-28-45(29-24-39)63-50-38-47(62(43-19-15-13-16-20-43)44-21-17-14-18-22-44)32-33-49(50)61-54-51(63)36-42(60(10,11)12)37-52(54)64(46-30-25-40(26-31-46)58(4,5)6)55-48-35-41(59(7,8)9)27-34-53(48)65-56(55)61/h13-38H,1-12H3. The minimum Gasteiger partial charge on any atom is -0.311 e. The number of anilines is 9. The highest BCUT2D eigenvalue weighted by molar-refractivity contribution is 7.33. The van der Waals surface area contributed by atoms with Crippen molar-refractivity contribution in [1.82, 2.24) is 0 Å². The predicted molar refractivity (Wildman–Crippen MR) is 285 cm³/mol. The van der Waals surface area contributed by atoms with Crippen LogP contribution in [0.4, 0.5) is 51.2 Å². The third-order valence-corrected chi connectivity index (χ3v) is 14.9. The Labute approximate surface area is 392 Å². The van der Waals surface area contributed by atoms with Crippen LogP contribution in [-0.2, 0) is 21.7 Å². The Bertz CT molecular complexity index is 3030. The van der Waals surface area contributed by atoms with Gasteiger partial charge in [0, 0.05) is 60.4 Å². The lowest BCUT2D eigenvalue weighted by molar-refractivity contribution is 0.590. The first-order valence-corrected chi connectivity index (χ1v) is 24.2. The SMILES string of the molecule is CC(C)(C)c1ccc(N2c3cc(N(c4ccccc4)c4ccccc4)ccc3B3c4sc5ccc(C(C)(C)C)cc5c4N(c4ccc(C(C)(C)C)cc4)c4cc(C(C)(C)C)cc2c43)cc1. The van der Waals surface area contributed by atoms with Crippen molar-refractivity contribution in [2.24, 2.45) is 0 Å². The molecule has 326 valence electrons. The molecule has 0 radical (unpaired) electrons. The molecular formula is C60H62BN3S. The summed E-state index contributed by atoms with van der Waals surface area (Å²) >= 11 is 1.97. The maximum Gasteiger partial charge on any atom is 0.264 e. The second-order valence-corrected chi connectivity index (χ2v) is 23.5. The van der Waals surface area contributed by atoms with E-state index in [2.05, 4.69) is 256 Å². The largest absolute Gasteiger partial charge is 0.311 e. The number of nitrogens with zero attached hydrogens (tertiary/aromatic N) is 3. The van der Waals surface area contributed by atoms with Gasteiger partial charge in [-0.15, -0.1) is 11.3 Å². The van der Waals surface area contributed by atoms with E-state index in [9.17, 15) is 0 Å². The molecular weight excluding hydrogens is 806 g/mol. The molecule has 3 heterocycles. The lowest BCUT2D eigenvalue weighted by Gasteiger charge is -2.44. The van der Waals surface area contributed by atoms with Crippen LogP contribution in [0.1, 0.15) is 105 Å². The highest BCUT2D eigenvalue weighted by Gasteiger charge is 2.46. The summed E-state index contributed by atoms with van der Waals surface area (Å²) in [5.41, 5.74) is 18.7. The van der Waals surface area contributed by atoms with E-state index >= 15 is 0 Å². The van der Waals surface area contributed by atoms with Gasteiger partial charge in [0.05, 0.1) is 5.69 Å². The van der Waals surface area contributed by atoms with Crippen LogP contribution < -0.4 is 30.4 Å². The normalized spacial score (nSPS) is 13.8. The molecule has 0 saturated carbocycles. The summed E-state index contributed by atoms with van der Waals surface area (Å²) in [5, 5.41) is 1.32. The summed E-state index contributed by atoms with van der Waals surface area (Å²) in [7, 11) is 0. The molecule has 7 aromatic carbocycles. The monoisotopic (exact) mass is 867 g/mol. The van der Waals surface area contributed by atoms with Gasteiger partial charge in [-0.25, -0.2) is 0 Å². The van der Waals surface area contributed by atoms with Gasteiger partial charge in [0.1, 0.15) is 0 Å². The lowest BCUT2D eigenvalue weighted by atomic mass is 9.36. The van der Waals surface area contributed by atoms with E-state index < -0.39 is 0 Å². The Morgan fingerprint density at radius 3 is 1.40 bits per heavy atom. The van der Waals surface area contributed by atoms with Gasteiger partial charge in [0.2, 0.25) is 0 Å². The zero-order chi connectivity index (χ0) is 45.8. The molecule has 8 aromatic rings. The minimum absolute atomic E-state index is 0.00159. The highest BCUT2D eigenvalue weighted by atomic mass is 32.1. The molecule has 65 heavy (non-hydrogen) atoms. The first-order chi connectivity index (χ1) is 30.8. The molecule has 0 fully saturated rings. The van der Waals surface area contributed by atoms with Crippen molar-refractivity contribution < 1.29 is 0 Å². The zero-order valence-electron chi connectivity index (χ0n) is 40.3. The molecule has 0 bridgehead atoms. The van der Waals surface area contributed by atoms with Crippen molar-refractivity contribution in [2.45, 2.75) is 105 Å². The van der Waals surface area contributed by atoms with Crippen LogP contribution in [0.15, 0.2) is 158 Å². The number of fused-ring (bicyclic) bond motifs is 6. The average Bonchev–Trinajstić information content (AvgIpc) is 3.64. The van der Waals surface area contributed by atoms with E-state index in [0.29, 0.717) is 0 Å². The van der Waals surface area contributed by atoms with Crippen molar-refractivity contribution >= 4 is 95.0 Å². The van der Waals surface area contributed by atoms with Crippen molar-refractivity contribution in [3.8, 4) is 0 Å². The number of rotatable bonds is 5. The maximum atomic E-state index is 2.63. The van der Waals surface area contributed by atoms with Gasteiger partial charge in [-0.1, -0.05) is 156 Å². The van der Waals surface area contributed by atoms with Gasteiger partial charge in [-0.2, -0.15) is 0 Å². The molecule has 0 spiro atoms. The number of thiophene rings is 1. The highest BCUT2D eigenvalue weighted by Crippen LogP contribution is 2.51. The zero-order valence-corrected chi connectivity index (χ0v) is 41.2. The smallest absolute Gasteiger partial charge is 0.264 e. The van der Waals surface area contributed by atoms with E-state index in [0.717, 1.165) is 22.7 Å². The fourth-order valence-electron chi connectivity index (χ4n) is 9.87. The Kier molecular flexibility index (Phi) is 10.1. The van der Waals surface area contributed by atoms with E-state index in [1.165, 1.54) is 76.5 Å². The quantitative estimate of drug-likeness (QED) is 0.160. The van der Waals surface area contributed by atoms with Crippen molar-refractivity contribution in [3.05, 3.63) is 180 Å². The van der Waals surface area contributed by atoms with Crippen LogP contribution in [-0.4, -0.2) is 6.71 Å². The van der Waals surface area contributed by atoms with E-state index in [1.54, 1.807) is 0 Å². The van der Waals surface area contributed by atoms with Crippen LogP contribution in [0.2, 0.25) is 0 Å². The van der Waals surface area contributed by atoms with Crippen LogP contribution in [0, 0.1) is 0 Å². The Morgan fingerprint density at radius 1 is 0.415 bits per heavy atom. The van der Waals surface area contributed by atoms with Crippen molar-refractivity contribution in [2.75, 3.05) is 14.7 Å². The van der Waals surface area contributed by atoms with Gasteiger partial charge in [-0.3, -0.25) is 0 Å².